The highest BCUT2D eigenvalue weighted by molar-refractivity contribution is 14.0. The second kappa shape index (κ2) is 10.5. The van der Waals surface area contributed by atoms with Crippen LogP contribution in [-0.2, 0) is 20.1 Å². The number of hydrogen-bond donors (Lipinski definition) is 2. The first kappa shape index (κ1) is 20.6. The van der Waals surface area contributed by atoms with Crippen molar-refractivity contribution >= 4 is 29.9 Å². The van der Waals surface area contributed by atoms with Crippen molar-refractivity contribution < 1.29 is 0 Å². The largest absolute Gasteiger partial charge is 0.355 e. The Balaban J connectivity index is 0.00000243. The van der Waals surface area contributed by atoms with E-state index in [0.717, 1.165) is 31.4 Å². The molecule has 2 heterocycles. The Hall–Kier alpha value is -1.68. The van der Waals surface area contributed by atoms with Crippen LogP contribution in [0, 0.1) is 0 Å². The van der Waals surface area contributed by atoms with Gasteiger partial charge in [0.05, 0.1) is 6.54 Å². The Bertz CT molecular complexity index is 686. The lowest BCUT2D eigenvalue weighted by Gasteiger charge is -2.25. The number of nitrogens with one attached hydrogen (secondary N) is 2. The van der Waals surface area contributed by atoms with E-state index in [2.05, 4.69) is 60.9 Å². The van der Waals surface area contributed by atoms with Crippen LogP contribution in [0.5, 0.6) is 0 Å². The number of aliphatic imine (C=N–C) groups is 1. The standard InChI is InChI=1S/C18H27N7.HI/c1-19-18(21-12-17-22-14-23-24(17)2)20-11-16-9-6-10-25(16)13-15-7-4-3-5-8-15;/h3-5,7-8,14,16H,6,9-13H2,1-2H3,(H2,19,20,21);1H. The Kier molecular flexibility index (Phi) is 8.30. The minimum Gasteiger partial charge on any atom is -0.355 e. The summed E-state index contributed by atoms with van der Waals surface area (Å²) in [5.74, 6) is 1.68. The molecule has 8 heteroatoms. The molecule has 1 saturated heterocycles. The highest BCUT2D eigenvalue weighted by Crippen LogP contribution is 2.19. The maximum atomic E-state index is 4.31. The normalized spacial score (nSPS) is 17.8. The fourth-order valence-electron chi connectivity index (χ4n) is 3.23. The van der Waals surface area contributed by atoms with Gasteiger partial charge in [0.15, 0.2) is 5.96 Å². The summed E-state index contributed by atoms with van der Waals surface area (Å²) < 4.78 is 1.76. The van der Waals surface area contributed by atoms with Crippen molar-refractivity contribution in [2.75, 3.05) is 20.1 Å². The van der Waals surface area contributed by atoms with Crippen molar-refractivity contribution in [3.05, 3.63) is 48.0 Å². The highest BCUT2D eigenvalue weighted by Gasteiger charge is 2.24. The van der Waals surface area contributed by atoms with Crippen LogP contribution in [0.4, 0.5) is 0 Å². The molecule has 0 spiro atoms. The van der Waals surface area contributed by atoms with E-state index in [1.165, 1.54) is 18.4 Å². The van der Waals surface area contributed by atoms with Crippen molar-refractivity contribution in [1.29, 1.82) is 0 Å². The first-order chi connectivity index (χ1) is 12.3. The molecule has 1 aromatic heterocycles. The van der Waals surface area contributed by atoms with Crippen LogP contribution in [0.3, 0.4) is 0 Å². The van der Waals surface area contributed by atoms with Gasteiger partial charge in [-0.25, -0.2) is 4.98 Å². The van der Waals surface area contributed by atoms with Crippen LogP contribution < -0.4 is 10.6 Å². The number of rotatable bonds is 6. The summed E-state index contributed by atoms with van der Waals surface area (Å²) >= 11 is 0. The molecule has 1 unspecified atom stereocenters. The molecule has 1 aliphatic rings. The van der Waals surface area contributed by atoms with E-state index < -0.39 is 0 Å². The van der Waals surface area contributed by atoms with Gasteiger partial charge >= 0.3 is 0 Å². The Morgan fingerprint density at radius 3 is 2.77 bits per heavy atom. The van der Waals surface area contributed by atoms with Crippen molar-refractivity contribution in [2.45, 2.75) is 32.0 Å². The average Bonchev–Trinajstić information content (AvgIpc) is 3.25. The van der Waals surface area contributed by atoms with Crippen molar-refractivity contribution in [3.8, 4) is 0 Å². The lowest BCUT2D eigenvalue weighted by Crippen LogP contribution is -2.44. The third-order valence-electron chi connectivity index (χ3n) is 4.68. The molecular weight excluding hydrogens is 441 g/mol. The van der Waals surface area contributed by atoms with Crippen LogP contribution in [0.25, 0.3) is 0 Å². The molecular formula is C18H28IN7. The predicted molar refractivity (Wildman–Crippen MR) is 114 cm³/mol. The fraction of sp³-hybridized carbons (Fsp3) is 0.500. The minimum absolute atomic E-state index is 0. The number of hydrogen-bond acceptors (Lipinski definition) is 4. The third kappa shape index (κ3) is 5.66. The summed E-state index contributed by atoms with van der Waals surface area (Å²) in [6, 6.07) is 11.2. The van der Waals surface area contributed by atoms with E-state index in [1.54, 1.807) is 18.1 Å². The maximum Gasteiger partial charge on any atom is 0.191 e. The summed E-state index contributed by atoms with van der Waals surface area (Å²) in [4.78, 5) is 11.1. The monoisotopic (exact) mass is 469 g/mol. The zero-order chi connectivity index (χ0) is 17.5. The van der Waals surface area contributed by atoms with E-state index in [-0.39, 0.29) is 24.0 Å². The molecule has 0 saturated carbocycles. The van der Waals surface area contributed by atoms with Gasteiger partial charge < -0.3 is 10.6 Å². The van der Waals surface area contributed by atoms with Crippen molar-refractivity contribution in [1.82, 2.24) is 30.3 Å². The van der Waals surface area contributed by atoms with E-state index in [0.29, 0.717) is 12.6 Å². The number of guanidine groups is 1. The van der Waals surface area contributed by atoms with Gasteiger partial charge in [-0.2, -0.15) is 5.10 Å². The van der Waals surface area contributed by atoms with Gasteiger partial charge in [-0.3, -0.25) is 14.6 Å². The van der Waals surface area contributed by atoms with Crippen LogP contribution in [0.15, 0.2) is 41.7 Å². The first-order valence-electron chi connectivity index (χ1n) is 8.81. The summed E-state index contributed by atoms with van der Waals surface area (Å²) in [6.45, 7) is 3.67. The quantitative estimate of drug-likeness (QED) is 0.384. The Morgan fingerprint density at radius 2 is 2.08 bits per heavy atom. The number of aromatic nitrogens is 3. The van der Waals surface area contributed by atoms with Crippen LogP contribution in [0.1, 0.15) is 24.2 Å². The average molecular weight is 469 g/mol. The van der Waals surface area contributed by atoms with Gasteiger partial charge in [0, 0.05) is 33.2 Å². The van der Waals surface area contributed by atoms with E-state index >= 15 is 0 Å². The molecule has 1 aliphatic heterocycles. The van der Waals surface area contributed by atoms with E-state index in [9.17, 15) is 0 Å². The zero-order valence-corrected chi connectivity index (χ0v) is 17.8. The van der Waals surface area contributed by atoms with Gasteiger partial charge in [-0.05, 0) is 24.9 Å². The molecule has 0 bridgehead atoms. The van der Waals surface area contributed by atoms with E-state index in [1.807, 2.05) is 7.05 Å². The molecule has 1 atom stereocenters. The number of benzene rings is 1. The molecule has 1 aromatic carbocycles. The second-order valence-corrected chi connectivity index (χ2v) is 6.36. The predicted octanol–water partition coefficient (Wildman–Crippen LogP) is 1.76. The number of likely N-dealkylation sites (tertiary alicyclic amines) is 1. The summed E-state index contributed by atoms with van der Waals surface area (Å²) in [5, 5.41) is 10.8. The molecule has 0 amide bonds. The highest BCUT2D eigenvalue weighted by atomic mass is 127. The van der Waals surface area contributed by atoms with Crippen LogP contribution >= 0.6 is 24.0 Å². The number of halogens is 1. The third-order valence-corrected chi connectivity index (χ3v) is 4.68. The van der Waals surface area contributed by atoms with Crippen LogP contribution in [0.2, 0.25) is 0 Å². The molecule has 2 N–H and O–H groups in total. The van der Waals surface area contributed by atoms with Gasteiger partial charge in [0.1, 0.15) is 12.2 Å². The lowest BCUT2D eigenvalue weighted by atomic mass is 10.2. The molecule has 26 heavy (non-hydrogen) atoms. The zero-order valence-electron chi connectivity index (χ0n) is 15.4. The topological polar surface area (TPSA) is 70.4 Å². The smallest absolute Gasteiger partial charge is 0.191 e. The molecule has 0 aliphatic carbocycles. The maximum absolute atomic E-state index is 4.31. The van der Waals surface area contributed by atoms with Gasteiger partial charge in [-0.1, -0.05) is 30.3 Å². The first-order valence-corrected chi connectivity index (χ1v) is 8.81. The SMILES string of the molecule is CN=C(NCc1ncnn1C)NCC1CCCN1Cc1ccccc1.I. The molecule has 7 nitrogen and oxygen atoms in total. The van der Waals surface area contributed by atoms with Gasteiger partial charge in [-0.15, -0.1) is 24.0 Å². The lowest BCUT2D eigenvalue weighted by molar-refractivity contribution is 0.245. The summed E-state index contributed by atoms with van der Waals surface area (Å²) in [7, 11) is 3.68. The number of aryl methyl sites for hydroxylation is 1. The Labute approximate surface area is 172 Å². The Morgan fingerprint density at radius 1 is 1.27 bits per heavy atom. The summed E-state index contributed by atoms with van der Waals surface area (Å²) in [6.07, 6.45) is 4.04. The number of nitrogens with zero attached hydrogens (tertiary/aromatic N) is 5. The van der Waals surface area contributed by atoms with Crippen molar-refractivity contribution in [2.24, 2.45) is 12.0 Å². The van der Waals surface area contributed by atoms with E-state index in [4.69, 9.17) is 0 Å². The molecule has 1 fully saturated rings. The fourth-order valence-corrected chi connectivity index (χ4v) is 3.23. The second-order valence-electron chi connectivity index (χ2n) is 6.36. The van der Waals surface area contributed by atoms with Crippen LogP contribution in [-0.4, -0.2) is 51.8 Å². The van der Waals surface area contributed by atoms with Gasteiger partial charge in [0.2, 0.25) is 0 Å². The molecule has 0 radical (unpaired) electrons. The summed E-state index contributed by atoms with van der Waals surface area (Å²) in [5.41, 5.74) is 1.37. The molecule has 142 valence electrons. The van der Waals surface area contributed by atoms with Gasteiger partial charge in [0.25, 0.3) is 0 Å². The van der Waals surface area contributed by atoms with Crippen molar-refractivity contribution in [3.63, 3.8) is 0 Å². The molecule has 3 rings (SSSR count). The minimum atomic E-state index is 0. The molecule has 2 aromatic rings.